The van der Waals surface area contributed by atoms with Crippen LogP contribution in [0.5, 0.6) is 0 Å². The van der Waals surface area contributed by atoms with Crippen molar-refractivity contribution in [3.63, 3.8) is 0 Å². The van der Waals surface area contributed by atoms with Gasteiger partial charge in [-0.25, -0.2) is 0 Å². The molecule has 1 unspecified atom stereocenters. The van der Waals surface area contributed by atoms with E-state index in [9.17, 15) is 0 Å². The summed E-state index contributed by atoms with van der Waals surface area (Å²) in [5.74, 6) is 1.59. The zero-order chi connectivity index (χ0) is 19.0. The monoisotopic (exact) mass is 380 g/mol. The molecule has 0 amide bonds. The number of thiophene rings is 1. The minimum Gasteiger partial charge on any atom is -0.379 e. The molecule has 2 rings (SSSR count). The van der Waals surface area contributed by atoms with Crippen LogP contribution in [0.3, 0.4) is 0 Å². The Morgan fingerprint density at radius 3 is 2.62 bits per heavy atom. The highest BCUT2D eigenvalue weighted by atomic mass is 32.1. The minimum atomic E-state index is 0.107. The van der Waals surface area contributed by atoms with Crippen molar-refractivity contribution in [3.05, 3.63) is 22.4 Å². The van der Waals surface area contributed by atoms with Crippen LogP contribution in [-0.2, 0) is 11.3 Å². The van der Waals surface area contributed by atoms with E-state index in [1.165, 1.54) is 30.8 Å². The molecule has 2 N–H and O–H groups in total. The summed E-state index contributed by atoms with van der Waals surface area (Å²) in [7, 11) is 3.61. The number of guanidine groups is 1. The largest absolute Gasteiger partial charge is 0.379 e. The van der Waals surface area contributed by atoms with Gasteiger partial charge in [-0.2, -0.15) is 0 Å². The predicted molar refractivity (Wildman–Crippen MR) is 112 cm³/mol. The third kappa shape index (κ3) is 6.89. The van der Waals surface area contributed by atoms with Crippen LogP contribution >= 0.6 is 11.3 Å². The lowest BCUT2D eigenvalue weighted by molar-refractivity contribution is 0.0205. The molecule has 1 aromatic heterocycles. The third-order valence-corrected chi connectivity index (χ3v) is 6.01. The van der Waals surface area contributed by atoms with E-state index in [-0.39, 0.29) is 11.5 Å². The van der Waals surface area contributed by atoms with E-state index >= 15 is 0 Å². The van der Waals surface area contributed by atoms with E-state index in [0.717, 1.165) is 25.6 Å². The highest BCUT2D eigenvalue weighted by Gasteiger charge is 2.24. The van der Waals surface area contributed by atoms with Gasteiger partial charge in [-0.3, -0.25) is 9.89 Å². The molecule has 0 saturated carbocycles. The highest BCUT2D eigenvalue weighted by molar-refractivity contribution is 7.09. The van der Waals surface area contributed by atoms with Crippen molar-refractivity contribution in [2.75, 3.05) is 40.3 Å². The normalized spacial score (nSPS) is 18.7. The molecular weight excluding hydrogens is 344 g/mol. The summed E-state index contributed by atoms with van der Waals surface area (Å²) in [4.78, 5) is 8.40. The van der Waals surface area contributed by atoms with Gasteiger partial charge in [0.1, 0.15) is 0 Å². The maximum Gasteiger partial charge on any atom is 0.191 e. The zero-order valence-corrected chi connectivity index (χ0v) is 17.9. The zero-order valence-electron chi connectivity index (χ0n) is 17.0. The third-order valence-electron chi connectivity index (χ3n) is 5.15. The topological polar surface area (TPSA) is 48.9 Å². The quantitative estimate of drug-likeness (QED) is 0.563. The van der Waals surface area contributed by atoms with Crippen molar-refractivity contribution in [1.82, 2.24) is 15.5 Å². The Hall–Kier alpha value is -1.11. The Bertz CT molecular complexity index is 531. The first-order chi connectivity index (χ1) is 12.4. The van der Waals surface area contributed by atoms with E-state index < -0.39 is 0 Å². The highest BCUT2D eigenvalue weighted by Crippen LogP contribution is 2.21. The molecule has 1 fully saturated rings. The van der Waals surface area contributed by atoms with Gasteiger partial charge in [-0.1, -0.05) is 26.8 Å². The molecule has 0 aromatic carbocycles. The van der Waals surface area contributed by atoms with Gasteiger partial charge in [0.25, 0.3) is 0 Å². The summed E-state index contributed by atoms with van der Waals surface area (Å²) in [6, 6.07) is 4.38. The number of rotatable bonds is 7. The van der Waals surface area contributed by atoms with Crippen molar-refractivity contribution in [2.24, 2.45) is 16.3 Å². The van der Waals surface area contributed by atoms with Crippen LogP contribution in [0.15, 0.2) is 22.5 Å². The average Bonchev–Trinajstić information content (AvgIpc) is 3.11. The van der Waals surface area contributed by atoms with Crippen LogP contribution in [0.4, 0.5) is 0 Å². The number of hydrogen-bond donors (Lipinski definition) is 2. The van der Waals surface area contributed by atoms with Gasteiger partial charge in [0.05, 0.1) is 6.10 Å². The Kier molecular flexibility index (Phi) is 8.38. The van der Waals surface area contributed by atoms with Gasteiger partial charge in [-0.15, -0.1) is 11.3 Å². The van der Waals surface area contributed by atoms with Crippen LogP contribution < -0.4 is 10.6 Å². The molecule has 148 valence electrons. The number of hydrogen-bond acceptors (Lipinski definition) is 4. The molecule has 1 saturated heterocycles. The van der Waals surface area contributed by atoms with Gasteiger partial charge in [0, 0.05) is 38.7 Å². The van der Waals surface area contributed by atoms with E-state index in [2.05, 4.69) is 58.8 Å². The molecule has 26 heavy (non-hydrogen) atoms. The summed E-state index contributed by atoms with van der Waals surface area (Å²) in [6.07, 6.45) is 2.65. The number of likely N-dealkylation sites (tertiary alicyclic amines) is 1. The molecule has 0 bridgehead atoms. The van der Waals surface area contributed by atoms with Crippen LogP contribution in [0, 0.1) is 11.3 Å². The molecule has 0 radical (unpaired) electrons. The van der Waals surface area contributed by atoms with Gasteiger partial charge < -0.3 is 15.4 Å². The van der Waals surface area contributed by atoms with Crippen molar-refractivity contribution in [2.45, 2.75) is 46.3 Å². The molecule has 2 heterocycles. The lowest BCUT2D eigenvalue weighted by atomic mass is 9.89. The number of piperidine rings is 1. The van der Waals surface area contributed by atoms with Crippen LogP contribution in [0.25, 0.3) is 0 Å². The van der Waals surface area contributed by atoms with E-state index in [1.54, 1.807) is 7.11 Å². The Labute approximate surface area is 163 Å². The molecule has 6 heteroatoms. The second-order valence-electron chi connectivity index (χ2n) is 8.22. The second-order valence-corrected chi connectivity index (χ2v) is 9.26. The van der Waals surface area contributed by atoms with Crippen LogP contribution in [0.2, 0.25) is 0 Å². The van der Waals surface area contributed by atoms with E-state index in [1.807, 2.05) is 18.4 Å². The smallest absolute Gasteiger partial charge is 0.191 e. The Balaban J connectivity index is 1.67. The maximum absolute atomic E-state index is 5.61. The molecule has 1 aliphatic heterocycles. The number of nitrogens with one attached hydrogen (secondary N) is 2. The summed E-state index contributed by atoms with van der Waals surface area (Å²) < 4.78 is 5.61. The van der Waals surface area contributed by atoms with Crippen LogP contribution in [0.1, 0.15) is 38.5 Å². The second kappa shape index (κ2) is 10.3. The maximum atomic E-state index is 5.61. The summed E-state index contributed by atoms with van der Waals surface area (Å²) in [5.41, 5.74) is 0.107. The van der Waals surface area contributed by atoms with Gasteiger partial charge in [0.15, 0.2) is 5.96 Å². The molecule has 1 atom stereocenters. The first kappa shape index (κ1) is 21.2. The Morgan fingerprint density at radius 2 is 2.08 bits per heavy atom. The predicted octanol–water partition coefficient (Wildman–Crippen LogP) is 3.19. The fourth-order valence-electron chi connectivity index (χ4n) is 3.37. The Morgan fingerprint density at radius 1 is 1.35 bits per heavy atom. The lowest BCUT2D eigenvalue weighted by Crippen LogP contribution is -2.47. The van der Waals surface area contributed by atoms with E-state index in [4.69, 9.17) is 4.74 Å². The first-order valence-corrected chi connectivity index (χ1v) is 10.5. The van der Waals surface area contributed by atoms with Gasteiger partial charge in [-0.05, 0) is 48.7 Å². The molecule has 1 aromatic rings. The number of nitrogens with zero attached hydrogens (tertiary/aromatic N) is 2. The molecule has 1 aliphatic rings. The summed E-state index contributed by atoms with van der Waals surface area (Å²) in [6.45, 7) is 11.8. The molecular formula is C20H36N4OS. The SMILES string of the molecule is CN=C(NCC1CCN(Cc2cccs2)CC1)NCC(OC)C(C)(C)C. The first-order valence-electron chi connectivity index (χ1n) is 9.64. The van der Waals surface area contributed by atoms with Crippen LogP contribution in [-0.4, -0.2) is 57.3 Å². The van der Waals surface area contributed by atoms with Crippen molar-refractivity contribution < 1.29 is 4.74 Å². The lowest BCUT2D eigenvalue weighted by Gasteiger charge is -2.32. The van der Waals surface area contributed by atoms with E-state index in [0.29, 0.717) is 5.92 Å². The standard InChI is InChI=1S/C20H36N4OS/c1-20(2,3)18(25-5)14-23-19(21-4)22-13-16-8-10-24(11-9-16)15-17-7-6-12-26-17/h6-7,12,16,18H,8-11,13-15H2,1-5H3,(H2,21,22,23). The number of ether oxygens (including phenoxy) is 1. The fourth-order valence-corrected chi connectivity index (χ4v) is 4.11. The van der Waals surface area contributed by atoms with Gasteiger partial charge in [0.2, 0.25) is 0 Å². The number of aliphatic imine (C=N–C) groups is 1. The van der Waals surface area contributed by atoms with Crippen molar-refractivity contribution in [3.8, 4) is 0 Å². The fraction of sp³-hybridized carbons (Fsp3) is 0.750. The van der Waals surface area contributed by atoms with Crippen molar-refractivity contribution >= 4 is 17.3 Å². The van der Waals surface area contributed by atoms with Crippen molar-refractivity contribution in [1.29, 1.82) is 0 Å². The summed E-state index contributed by atoms with van der Waals surface area (Å²) >= 11 is 1.86. The number of methoxy groups -OCH3 is 1. The average molecular weight is 381 g/mol. The minimum absolute atomic E-state index is 0.107. The molecule has 0 aliphatic carbocycles. The molecule has 0 spiro atoms. The summed E-state index contributed by atoms with van der Waals surface area (Å²) in [5, 5.41) is 9.07. The van der Waals surface area contributed by atoms with Gasteiger partial charge >= 0.3 is 0 Å². The molecule has 5 nitrogen and oxygen atoms in total.